The second-order valence-electron chi connectivity index (χ2n) is 15.1. The summed E-state index contributed by atoms with van der Waals surface area (Å²) in [5.74, 6) is 1.89. The largest absolute Gasteiger partial charge is 0.455 e. The van der Waals surface area contributed by atoms with Gasteiger partial charge in [-0.1, -0.05) is 176 Å². The summed E-state index contributed by atoms with van der Waals surface area (Å²) in [5, 5.41) is 11.4. The molecule has 4 heteroatoms. The van der Waals surface area contributed by atoms with Crippen LogP contribution in [0.4, 0.5) is 0 Å². The monoisotopic (exact) mass is 751 g/mol. The van der Waals surface area contributed by atoms with E-state index in [2.05, 4.69) is 170 Å². The second-order valence-corrected chi connectivity index (χ2v) is 15.1. The van der Waals surface area contributed by atoms with Crippen molar-refractivity contribution in [2.24, 2.45) is 0 Å². The average molecular weight is 752 g/mol. The first-order chi connectivity index (χ1) is 29.2. The molecule has 0 fully saturated rings. The number of hydrogen-bond donors (Lipinski definition) is 0. The van der Waals surface area contributed by atoms with Crippen LogP contribution in [0, 0.1) is 0 Å². The van der Waals surface area contributed by atoms with Crippen LogP contribution in [0.25, 0.3) is 121 Å². The van der Waals surface area contributed by atoms with Crippen molar-refractivity contribution in [2.45, 2.75) is 0 Å². The molecule has 0 atom stereocenters. The fourth-order valence-electron chi connectivity index (χ4n) is 8.84. The molecule has 2 heterocycles. The van der Waals surface area contributed by atoms with E-state index in [1.807, 2.05) is 30.3 Å². The molecule has 274 valence electrons. The van der Waals surface area contributed by atoms with Gasteiger partial charge in [0.2, 0.25) is 0 Å². The molecule has 12 rings (SSSR count). The minimum absolute atomic E-state index is 0.624. The predicted octanol–water partition coefficient (Wildman–Crippen LogP) is 14.7. The molecule has 0 unspecified atom stereocenters. The van der Waals surface area contributed by atoms with Crippen LogP contribution in [0.2, 0.25) is 0 Å². The van der Waals surface area contributed by atoms with E-state index in [0.29, 0.717) is 17.5 Å². The van der Waals surface area contributed by atoms with E-state index in [0.717, 1.165) is 77.0 Å². The summed E-state index contributed by atoms with van der Waals surface area (Å²) >= 11 is 0. The van der Waals surface area contributed by atoms with Crippen molar-refractivity contribution in [3.63, 3.8) is 0 Å². The molecule has 4 nitrogen and oxygen atoms in total. The van der Waals surface area contributed by atoms with Gasteiger partial charge < -0.3 is 4.42 Å². The predicted molar refractivity (Wildman–Crippen MR) is 244 cm³/mol. The van der Waals surface area contributed by atoms with Gasteiger partial charge in [-0.3, -0.25) is 0 Å². The molecular weight excluding hydrogens is 719 g/mol. The highest BCUT2D eigenvalue weighted by Crippen LogP contribution is 2.45. The molecule has 0 radical (unpaired) electrons. The fourth-order valence-corrected chi connectivity index (χ4v) is 8.84. The van der Waals surface area contributed by atoms with Crippen LogP contribution in [-0.4, -0.2) is 15.0 Å². The van der Waals surface area contributed by atoms with Gasteiger partial charge in [-0.15, -0.1) is 0 Å². The van der Waals surface area contributed by atoms with E-state index in [4.69, 9.17) is 19.4 Å². The van der Waals surface area contributed by atoms with Crippen LogP contribution in [-0.2, 0) is 0 Å². The second kappa shape index (κ2) is 13.3. The zero-order chi connectivity index (χ0) is 38.9. The highest BCUT2D eigenvalue weighted by atomic mass is 16.3. The first-order valence-corrected chi connectivity index (χ1v) is 19.9. The van der Waals surface area contributed by atoms with Crippen molar-refractivity contribution in [3.05, 3.63) is 200 Å². The van der Waals surface area contributed by atoms with Crippen molar-refractivity contribution < 1.29 is 4.42 Å². The Balaban J connectivity index is 1.06. The minimum Gasteiger partial charge on any atom is -0.455 e. The normalized spacial score (nSPS) is 11.7. The number of fused-ring (bicyclic) bond motifs is 7. The average Bonchev–Trinajstić information content (AvgIpc) is 3.68. The quantitative estimate of drug-likeness (QED) is 0.176. The Labute approximate surface area is 339 Å². The maximum atomic E-state index is 7.13. The van der Waals surface area contributed by atoms with Crippen LogP contribution >= 0.6 is 0 Å². The highest BCUT2D eigenvalue weighted by molar-refractivity contribution is 6.21. The van der Waals surface area contributed by atoms with Gasteiger partial charge in [0, 0.05) is 38.6 Å². The molecular formula is C55H33N3O. The van der Waals surface area contributed by atoms with E-state index in [-0.39, 0.29) is 0 Å². The van der Waals surface area contributed by atoms with Gasteiger partial charge in [0.05, 0.1) is 0 Å². The van der Waals surface area contributed by atoms with Crippen LogP contribution in [0.1, 0.15) is 0 Å². The molecule has 10 aromatic carbocycles. The highest BCUT2D eigenvalue weighted by Gasteiger charge is 2.21. The summed E-state index contributed by atoms with van der Waals surface area (Å²) in [6.07, 6.45) is 0. The van der Waals surface area contributed by atoms with E-state index < -0.39 is 0 Å². The Kier molecular flexibility index (Phi) is 7.50. The molecule has 0 amide bonds. The number of furan rings is 1. The number of hydrogen-bond acceptors (Lipinski definition) is 4. The first kappa shape index (κ1) is 33.2. The maximum absolute atomic E-state index is 7.13. The molecule has 0 aliphatic carbocycles. The van der Waals surface area contributed by atoms with Gasteiger partial charge in [-0.25, -0.2) is 15.0 Å². The van der Waals surface area contributed by atoms with E-state index in [9.17, 15) is 0 Å². The number of para-hydroxylation sites is 1. The number of nitrogens with zero attached hydrogens (tertiary/aromatic N) is 3. The topological polar surface area (TPSA) is 51.8 Å². The smallest absolute Gasteiger partial charge is 0.164 e. The van der Waals surface area contributed by atoms with Gasteiger partial charge in [-0.05, 0) is 78.5 Å². The van der Waals surface area contributed by atoms with E-state index >= 15 is 0 Å². The zero-order valence-electron chi connectivity index (χ0n) is 31.8. The summed E-state index contributed by atoms with van der Waals surface area (Å²) in [6, 6.07) is 70.4. The molecule has 0 bridgehead atoms. The lowest BCUT2D eigenvalue weighted by Crippen LogP contribution is -2.00. The van der Waals surface area contributed by atoms with Crippen molar-refractivity contribution >= 4 is 65.0 Å². The summed E-state index contributed by atoms with van der Waals surface area (Å²) in [5.41, 5.74) is 8.93. The van der Waals surface area contributed by atoms with Crippen LogP contribution in [0.15, 0.2) is 205 Å². The summed E-state index contributed by atoms with van der Waals surface area (Å²) in [6.45, 7) is 0. The van der Waals surface area contributed by atoms with E-state index in [1.54, 1.807) is 0 Å². The van der Waals surface area contributed by atoms with Crippen molar-refractivity contribution in [3.8, 4) is 56.4 Å². The number of aromatic nitrogens is 3. The summed E-state index contributed by atoms with van der Waals surface area (Å²) in [7, 11) is 0. The molecule has 0 spiro atoms. The van der Waals surface area contributed by atoms with Gasteiger partial charge in [-0.2, -0.15) is 0 Å². The van der Waals surface area contributed by atoms with Crippen LogP contribution in [0.3, 0.4) is 0 Å². The SMILES string of the molecule is c1ccc(-c2nc(-c3ccc4ccccc4c3)nc(-c3ccc(-c4cccc5c4oc4c(-c6ccc7ccccc7c6)c6ccccc6cc45)c4ccccc34)n2)cc1. The molecule has 0 aliphatic heterocycles. The molecule has 2 aromatic heterocycles. The Morgan fingerprint density at radius 2 is 0.814 bits per heavy atom. The lowest BCUT2D eigenvalue weighted by Gasteiger charge is -2.13. The molecule has 0 N–H and O–H groups in total. The standard InChI is InChI=1S/C55H33N3O/c1-2-15-36(16-3-1)53-56-54(41-28-26-35-14-5-7-18-38(35)32-41)58-55(57-53)48-30-29-45(43-21-10-11-22-44(43)48)46-23-12-24-47-49-33-39-19-8-9-20-42(39)50(52(49)59-51(46)47)40-27-25-34-13-4-6-17-37(34)31-40/h1-33H. The summed E-state index contributed by atoms with van der Waals surface area (Å²) < 4.78 is 7.13. The van der Waals surface area contributed by atoms with Gasteiger partial charge in [0.15, 0.2) is 17.5 Å². The molecule has 59 heavy (non-hydrogen) atoms. The van der Waals surface area contributed by atoms with Crippen molar-refractivity contribution in [2.75, 3.05) is 0 Å². The Morgan fingerprint density at radius 3 is 1.56 bits per heavy atom. The third-order valence-corrected chi connectivity index (χ3v) is 11.7. The summed E-state index contributed by atoms with van der Waals surface area (Å²) in [4.78, 5) is 15.4. The number of rotatable bonds is 5. The van der Waals surface area contributed by atoms with Crippen molar-refractivity contribution in [1.82, 2.24) is 15.0 Å². The van der Waals surface area contributed by atoms with Crippen LogP contribution < -0.4 is 0 Å². The molecule has 0 aliphatic rings. The first-order valence-electron chi connectivity index (χ1n) is 19.9. The maximum Gasteiger partial charge on any atom is 0.164 e. The molecule has 0 saturated heterocycles. The van der Waals surface area contributed by atoms with Gasteiger partial charge in [0.1, 0.15) is 11.2 Å². The zero-order valence-corrected chi connectivity index (χ0v) is 31.8. The van der Waals surface area contributed by atoms with Gasteiger partial charge >= 0.3 is 0 Å². The Hall–Kier alpha value is -7.95. The third-order valence-electron chi connectivity index (χ3n) is 11.7. The van der Waals surface area contributed by atoms with Crippen molar-refractivity contribution in [1.29, 1.82) is 0 Å². The Bertz CT molecular complexity index is 3620. The van der Waals surface area contributed by atoms with Gasteiger partial charge in [0.25, 0.3) is 0 Å². The third kappa shape index (κ3) is 5.49. The number of benzene rings is 10. The fraction of sp³-hybridized carbons (Fsp3) is 0. The van der Waals surface area contributed by atoms with E-state index in [1.165, 1.54) is 26.9 Å². The molecule has 0 saturated carbocycles. The van der Waals surface area contributed by atoms with Crippen LogP contribution in [0.5, 0.6) is 0 Å². The minimum atomic E-state index is 0.624. The molecule has 12 aromatic rings. The lowest BCUT2D eigenvalue weighted by atomic mass is 9.92. The lowest BCUT2D eigenvalue weighted by molar-refractivity contribution is 0.671. The Morgan fingerprint density at radius 1 is 0.271 bits per heavy atom.